The van der Waals surface area contributed by atoms with Crippen molar-refractivity contribution >= 4 is 16.5 Å². The summed E-state index contributed by atoms with van der Waals surface area (Å²) in [5.74, 6) is 0.318. The molecule has 1 aromatic carbocycles. The number of aromatic nitrogens is 1. The number of rotatable bonds is 1. The lowest BCUT2D eigenvalue weighted by Gasteiger charge is -2.22. The third kappa shape index (κ3) is 1.72. The Morgan fingerprint density at radius 1 is 1.35 bits per heavy atom. The van der Waals surface area contributed by atoms with Gasteiger partial charge in [0.1, 0.15) is 5.75 Å². The van der Waals surface area contributed by atoms with Gasteiger partial charge in [-0.1, -0.05) is 18.2 Å². The van der Waals surface area contributed by atoms with Gasteiger partial charge in [-0.2, -0.15) is 0 Å². The standard InChI is InChI=1S/C14H16N2O/c1-16-7-3-4-10(9-16)12-8-15-14-11(12)5-2-6-13(14)17/h2,4-6,8,15,17H,3,7,9H2,1H3. The van der Waals surface area contributed by atoms with Crippen LogP contribution in [0.2, 0.25) is 0 Å². The third-order valence-electron chi connectivity index (χ3n) is 3.38. The van der Waals surface area contributed by atoms with E-state index in [0.717, 1.165) is 30.4 Å². The Bertz CT molecular complexity index is 583. The molecule has 3 heteroatoms. The van der Waals surface area contributed by atoms with Crippen molar-refractivity contribution in [3.05, 3.63) is 36.0 Å². The lowest BCUT2D eigenvalue weighted by atomic mass is 10.0. The monoisotopic (exact) mass is 228 g/mol. The van der Waals surface area contributed by atoms with Crippen LogP contribution in [0, 0.1) is 0 Å². The molecule has 0 radical (unpaired) electrons. The maximum atomic E-state index is 9.77. The summed E-state index contributed by atoms with van der Waals surface area (Å²) in [6.07, 6.45) is 5.39. The van der Waals surface area contributed by atoms with Crippen molar-refractivity contribution < 1.29 is 5.11 Å². The summed E-state index contributed by atoms with van der Waals surface area (Å²) in [5, 5.41) is 10.9. The SMILES string of the molecule is CN1CCC=C(c2c[nH]c3c(O)cccc23)C1. The van der Waals surface area contributed by atoms with E-state index in [2.05, 4.69) is 29.1 Å². The van der Waals surface area contributed by atoms with Gasteiger partial charge < -0.3 is 15.0 Å². The fourth-order valence-corrected chi connectivity index (χ4v) is 2.49. The number of aromatic amines is 1. The molecular formula is C14H16N2O. The second kappa shape index (κ2) is 3.93. The van der Waals surface area contributed by atoms with Gasteiger partial charge in [0.2, 0.25) is 0 Å². The first-order valence-electron chi connectivity index (χ1n) is 5.93. The van der Waals surface area contributed by atoms with Crippen LogP contribution in [-0.4, -0.2) is 35.1 Å². The molecule has 1 aliphatic heterocycles. The average molecular weight is 228 g/mol. The van der Waals surface area contributed by atoms with E-state index in [-0.39, 0.29) is 0 Å². The molecule has 88 valence electrons. The van der Waals surface area contributed by atoms with E-state index in [9.17, 15) is 5.11 Å². The van der Waals surface area contributed by atoms with Crippen LogP contribution in [0.25, 0.3) is 16.5 Å². The lowest BCUT2D eigenvalue weighted by Crippen LogP contribution is -2.24. The minimum atomic E-state index is 0.318. The van der Waals surface area contributed by atoms with Crippen molar-refractivity contribution in [2.45, 2.75) is 6.42 Å². The number of H-pyrrole nitrogens is 1. The average Bonchev–Trinajstić information content (AvgIpc) is 2.74. The highest BCUT2D eigenvalue weighted by Crippen LogP contribution is 2.31. The number of aromatic hydroxyl groups is 1. The van der Waals surface area contributed by atoms with Gasteiger partial charge in [-0.15, -0.1) is 0 Å². The highest BCUT2D eigenvalue weighted by Gasteiger charge is 2.14. The first-order valence-corrected chi connectivity index (χ1v) is 5.93. The maximum Gasteiger partial charge on any atom is 0.139 e. The highest BCUT2D eigenvalue weighted by atomic mass is 16.3. The van der Waals surface area contributed by atoms with E-state index in [1.165, 1.54) is 11.1 Å². The number of likely N-dealkylation sites (N-methyl/N-ethyl adjacent to an activating group) is 1. The van der Waals surface area contributed by atoms with E-state index < -0.39 is 0 Å². The molecule has 0 fully saturated rings. The lowest BCUT2D eigenvalue weighted by molar-refractivity contribution is 0.373. The Hall–Kier alpha value is -1.74. The van der Waals surface area contributed by atoms with Crippen LogP contribution >= 0.6 is 0 Å². The van der Waals surface area contributed by atoms with Crippen molar-refractivity contribution in [3.8, 4) is 5.75 Å². The van der Waals surface area contributed by atoms with Gasteiger partial charge in [-0.25, -0.2) is 0 Å². The zero-order valence-corrected chi connectivity index (χ0v) is 9.90. The molecular weight excluding hydrogens is 212 g/mol. The quantitative estimate of drug-likeness (QED) is 0.787. The summed E-state index contributed by atoms with van der Waals surface area (Å²) in [7, 11) is 2.14. The molecule has 0 saturated carbocycles. The van der Waals surface area contributed by atoms with E-state index in [1.54, 1.807) is 6.07 Å². The molecule has 0 aliphatic carbocycles. The molecule has 2 N–H and O–H groups in total. The highest BCUT2D eigenvalue weighted by molar-refractivity contribution is 5.95. The van der Waals surface area contributed by atoms with Gasteiger partial charge in [0.15, 0.2) is 0 Å². The topological polar surface area (TPSA) is 39.3 Å². The number of benzene rings is 1. The number of hydrogen-bond acceptors (Lipinski definition) is 2. The van der Waals surface area contributed by atoms with Crippen LogP contribution in [0.15, 0.2) is 30.5 Å². The van der Waals surface area contributed by atoms with E-state index >= 15 is 0 Å². The molecule has 17 heavy (non-hydrogen) atoms. The fourth-order valence-electron chi connectivity index (χ4n) is 2.49. The molecule has 3 rings (SSSR count). The predicted octanol–water partition coefficient (Wildman–Crippen LogP) is 2.59. The molecule has 0 amide bonds. The largest absolute Gasteiger partial charge is 0.506 e. The minimum Gasteiger partial charge on any atom is -0.506 e. The summed E-state index contributed by atoms with van der Waals surface area (Å²) < 4.78 is 0. The Kier molecular flexibility index (Phi) is 2.41. The number of hydrogen-bond donors (Lipinski definition) is 2. The van der Waals surface area contributed by atoms with Crippen molar-refractivity contribution in [2.24, 2.45) is 0 Å². The molecule has 3 nitrogen and oxygen atoms in total. The first-order chi connectivity index (χ1) is 8.25. The molecule has 0 bridgehead atoms. The fraction of sp³-hybridized carbons (Fsp3) is 0.286. The first kappa shape index (κ1) is 10.4. The van der Waals surface area contributed by atoms with Crippen LogP contribution < -0.4 is 0 Å². The van der Waals surface area contributed by atoms with Crippen LogP contribution in [0.1, 0.15) is 12.0 Å². The zero-order valence-electron chi connectivity index (χ0n) is 9.90. The number of phenolic OH excluding ortho intramolecular Hbond substituents is 1. The van der Waals surface area contributed by atoms with Gasteiger partial charge >= 0.3 is 0 Å². The molecule has 1 aromatic heterocycles. The van der Waals surface area contributed by atoms with Gasteiger partial charge in [-0.05, 0) is 25.1 Å². The van der Waals surface area contributed by atoms with E-state index in [1.807, 2.05) is 12.3 Å². The molecule has 0 spiro atoms. The molecule has 2 aromatic rings. The number of nitrogens with one attached hydrogen (secondary N) is 1. The molecule has 1 aliphatic rings. The number of phenols is 1. The third-order valence-corrected chi connectivity index (χ3v) is 3.38. The number of nitrogens with zero attached hydrogens (tertiary/aromatic N) is 1. The molecule has 0 unspecified atom stereocenters. The summed E-state index contributed by atoms with van der Waals surface area (Å²) in [6, 6.07) is 5.66. The number of fused-ring (bicyclic) bond motifs is 1. The molecule has 2 heterocycles. The Morgan fingerprint density at radius 2 is 2.24 bits per heavy atom. The Labute approximate surface area is 100 Å². The molecule has 0 saturated heterocycles. The van der Waals surface area contributed by atoms with Gasteiger partial charge in [0.25, 0.3) is 0 Å². The van der Waals surface area contributed by atoms with Gasteiger partial charge in [0, 0.05) is 30.2 Å². The smallest absolute Gasteiger partial charge is 0.139 e. The normalized spacial score (nSPS) is 17.4. The van der Waals surface area contributed by atoms with Crippen LogP contribution in [0.5, 0.6) is 5.75 Å². The Morgan fingerprint density at radius 3 is 3.06 bits per heavy atom. The van der Waals surface area contributed by atoms with Gasteiger partial charge in [0.05, 0.1) is 5.52 Å². The van der Waals surface area contributed by atoms with E-state index in [4.69, 9.17) is 0 Å². The summed E-state index contributed by atoms with van der Waals surface area (Å²) in [5.41, 5.74) is 3.38. The van der Waals surface area contributed by atoms with Gasteiger partial charge in [-0.3, -0.25) is 0 Å². The van der Waals surface area contributed by atoms with Crippen molar-refractivity contribution in [1.29, 1.82) is 0 Å². The Balaban J connectivity index is 2.12. The summed E-state index contributed by atoms with van der Waals surface area (Å²) >= 11 is 0. The van der Waals surface area contributed by atoms with Crippen LogP contribution in [-0.2, 0) is 0 Å². The van der Waals surface area contributed by atoms with Crippen molar-refractivity contribution in [3.63, 3.8) is 0 Å². The summed E-state index contributed by atoms with van der Waals surface area (Å²) in [6.45, 7) is 2.10. The van der Waals surface area contributed by atoms with Crippen molar-refractivity contribution in [2.75, 3.05) is 20.1 Å². The zero-order chi connectivity index (χ0) is 11.8. The second-order valence-corrected chi connectivity index (χ2v) is 4.66. The number of para-hydroxylation sites is 1. The van der Waals surface area contributed by atoms with Crippen molar-refractivity contribution in [1.82, 2.24) is 9.88 Å². The summed E-state index contributed by atoms with van der Waals surface area (Å²) in [4.78, 5) is 5.48. The molecule has 0 atom stereocenters. The van der Waals surface area contributed by atoms with Crippen LogP contribution in [0.3, 0.4) is 0 Å². The minimum absolute atomic E-state index is 0.318. The predicted molar refractivity (Wildman–Crippen MR) is 70.1 cm³/mol. The second-order valence-electron chi connectivity index (χ2n) is 4.66. The van der Waals surface area contributed by atoms with Crippen LogP contribution in [0.4, 0.5) is 0 Å². The maximum absolute atomic E-state index is 9.77. The van der Waals surface area contributed by atoms with E-state index in [0.29, 0.717) is 5.75 Å².